The van der Waals surface area contributed by atoms with Gasteiger partial charge in [0.15, 0.2) is 0 Å². The van der Waals surface area contributed by atoms with Crippen LogP contribution in [0.2, 0.25) is 0 Å². The minimum absolute atomic E-state index is 0.0128. The molecule has 2 aromatic carbocycles. The Morgan fingerprint density at radius 1 is 1.00 bits per heavy atom. The molecule has 0 radical (unpaired) electrons. The lowest BCUT2D eigenvalue weighted by Crippen LogP contribution is -2.10. The molecule has 3 rings (SSSR count). The van der Waals surface area contributed by atoms with E-state index in [1.165, 1.54) is 18.2 Å². The molecule has 1 aliphatic heterocycles. The third-order valence-corrected chi connectivity index (χ3v) is 3.80. The fourth-order valence-corrected chi connectivity index (χ4v) is 2.92. The van der Waals surface area contributed by atoms with E-state index in [2.05, 4.69) is 13.8 Å². The van der Waals surface area contributed by atoms with E-state index < -0.39 is 0 Å². The van der Waals surface area contributed by atoms with Gasteiger partial charge < -0.3 is 4.74 Å². The van der Waals surface area contributed by atoms with E-state index in [4.69, 9.17) is 4.74 Å². The van der Waals surface area contributed by atoms with E-state index >= 15 is 0 Å². The molecule has 0 amide bonds. The van der Waals surface area contributed by atoms with Crippen LogP contribution in [0.1, 0.15) is 36.5 Å². The van der Waals surface area contributed by atoms with Gasteiger partial charge in [-0.15, -0.1) is 0 Å². The molecule has 104 valence electrons. The van der Waals surface area contributed by atoms with Gasteiger partial charge in [-0.1, -0.05) is 26.0 Å². The molecule has 0 N–H and O–H groups in total. The Balaban J connectivity index is 2.22. The van der Waals surface area contributed by atoms with Gasteiger partial charge in [-0.2, -0.15) is 0 Å². The van der Waals surface area contributed by atoms with Crippen LogP contribution in [0, 0.1) is 17.6 Å². The molecular formula is C17H16F2O. The largest absolute Gasteiger partial charge is 0.488 e. The second-order valence-corrected chi connectivity index (χ2v) is 5.54. The molecule has 0 saturated heterocycles. The number of hydrogen-bond acceptors (Lipinski definition) is 1. The minimum atomic E-state index is -0.316. The molecule has 3 heteroatoms. The van der Waals surface area contributed by atoms with Crippen molar-refractivity contribution in [2.45, 2.75) is 26.4 Å². The van der Waals surface area contributed by atoms with E-state index in [0.717, 1.165) is 16.7 Å². The summed E-state index contributed by atoms with van der Waals surface area (Å²) in [6.07, 6.45) is 0. The molecule has 1 nitrogen and oxygen atoms in total. The Labute approximate surface area is 117 Å². The van der Waals surface area contributed by atoms with Crippen molar-refractivity contribution < 1.29 is 13.5 Å². The van der Waals surface area contributed by atoms with Gasteiger partial charge in [-0.3, -0.25) is 0 Å². The first-order valence-electron chi connectivity index (χ1n) is 6.77. The summed E-state index contributed by atoms with van der Waals surface area (Å²) in [5.41, 5.74) is 2.82. The summed E-state index contributed by atoms with van der Waals surface area (Å²) < 4.78 is 32.7. The van der Waals surface area contributed by atoms with Crippen LogP contribution in [-0.4, -0.2) is 0 Å². The lowest BCUT2D eigenvalue weighted by molar-refractivity contribution is 0.304. The van der Waals surface area contributed by atoms with Crippen LogP contribution in [-0.2, 0) is 6.61 Å². The van der Waals surface area contributed by atoms with Gasteiger partial charge in [-0.05, 0) is 35.2 Å². The minimum Gasteiger partial charge on any atom is -0.488 e. The molecule has 0 aliphatic carbocycles. The second kappa shape index (κ2) is 4.89. The zero-order valence-electron chi connectivity index (χ0n) is 11.5. The molecule has 1 atom stereocenters. The number of halogens is 2. The van der Waals surface area contributed by atoms with Gasteiger partial charge in [0.2, 0.25) is 0 Å². The normalized spacial score (nSPS) is 17.1. The molecule has 1 heterocycles. The Kier molecular flexibility index (Phi) is 3.20. The molecule has 20 heavy (non-hydrogen) atoms. The highest BCUT2D eigenvalue weighted by molar-refractivity contribution is 5.47. The summed E-state index contributed by atoms with van der Waals surface area (Å²) >= 11 is 0. The molecule has 0 aromatic heterocycles. The van der Waals surface area contributed by atoms with Crippen LogP contribution >= 0.6 is 0 Å². The first kappa shape index (κ1) is 13.1. The van der Waals surface area contributed by atoms with E-state index in [-0.39, 0.29) is 23.5 Å². The molecule has 0 saturated carbocycles. The van der Waals surface area contributed by atoms with Gasteiger partial charge in [0.05, 0.1) is 0 Å². The zero-order valence-corrected chi connectivity index (χ0v) is 11.5. The Morgan fingerprint density at radius 3 is 2.45 bits per heavy atom. The molecule has 0 spiro atoms. The quantitative estimate of drug-likeness (QED) is 0.735. The molecule has 1 aliphatic rings. The zero-order chi connectivity index (χ0) is 14.3. The van der Waals surface area contributed by atoms with Crippen molar-refractivity contribution in [1.82, 2.24) is 0 Å². The third-order valence-electron chi connectivity index (χ3n) is 3.80. The van der Waals surface area contributed by atoms with Crippen molar-refractivity contribution in [3.63, 3.8) is 0 Å². The van der Waals surface area contributed by atoms with Crippen molar-refractivity contribution in [2.75, 3.05) is 0 Å². The van der Waals surface area contributed by atoms with Gasteiger partial charge in [-0.25, -0.2) is 8.78 Å². The predicted molar refractivity (Wildman–Crippen MR) is 73.8 cm³/mol. The van der Waals surface area contributed by atoms with Crippen LogP contribution in [0.15, 0.2) is 36.4 Å². The smallest absolute Gasteiger partial charge is 0.126 e. The van der Waals surface area contributed by atoms with Crippen molar-refractivity contribution in [3.05, 3.63) is 64.7 Å². The number of rotatable bonds is 1. The fraction of sp³-hybridized carbons (Fsp3) is 0.294. The fourth-order valence-electron chi connectivity index (χ4n) is 2.92. The van der Waals surface area contributed by atoms with E-state index in [9.17, 15) is 8.78 Å². The average molecular weight is 274 g/mol. The number of fused-ring (bicyclic) bond motifs is 2. The topological polar surface area (TPSA) is 9.23 Å². The highest BCUT2D eigenvalue weighted by Crippen LogP contribution is 2.41. The van der Waals surface area contributed by atoms with E-state index in [0.29, 0.717) is 12.4 Å². The Morgan fingerprint density at radius 2 is 1.70 bits per heavy atom. The summed E-state index contributed by atoms with van der Waals surface area (Å²) in [4.78, 5) is 0. The van der Waals surface area contributed by atoms with Crippen LogP contribution in [0.25, 0.3) is 0 Å². The summed E-state index contributed by atoms with van der Waals surface area (Å²) in [6, 6.07) is 9.35. The highest BCUT2D eigenvalue weighted by atomic mass is 19.1. The maximum absolute atomic E-state index is 13.6. The van der Waals surface area contributed by atoms with Crippen LogP contribution in [0.4, 0.5) is 8.78 Å². The van der Waals surface area contributed by atoms with E-state index in [1.807, 2.05) is 0 Å². The number of ether oxygens (including phenoxy) is 1. The Bertz CT molecular complexity index is 649. The molecule has 0 fully saturated rings. The number of benzene rings is 2. The van der Waals surface area contributed by atoms with Gasteiger partial charge in [0.25, 0.3) is 0 Å². The Hall–Kier alpha value is -1.90. The van der Waals surface area contributed by atoms with Crippen molar-refractivity contribution in [1.29, 1.82) is 0 Å². The van der Waals surface area contributed by atoms with Gasteiger partial charge in [0, 0.05) is 17.5 Å². The van der Waals surface area contributed by atoms with Crippen LogP contribution < -0.4 is 4.74 Å². The summed E-state index contributed by atoms with van der Waals surface area (Å²) in [7, 11) is 0. The summed E-state index contributed by atoms with van der Waals surface area (Å²) in [5, 5.41) is 0. The van der Waals surface area contributed by atoms with Gasteiger partial charge >= 0.3 is 0 Å². The van der Waals surface area contributed by atoms with Crippen LogP contribution in [0.3, 0.4) is 0 Å². The van der Waals surface area contributed by atoms with Crippen LogP contribution in [0.5, 0.6) is 5.75 Å². The SMILES string of the molecule is CC(C)C1c2cc(F)ccc2COc2cc(F)ccc21. The first-order chi connectivity index (χ1) is 9.56. The standard InChI is InChI=1S/C17H16F2O/c1-10(2)17-14-6-5-13(19)8-16(14)20-9-11-3-4-12(18)7-15(11)17/h3-8,10,17H,9H2,1-2H3. The second-order valence-electron chi connectivity index (χ2n) is 5.54. The van der Waals surface area contributed by atoms with Crippen molar-refractivity contribution in [2.24, 2.45) is 5.92 Å². The van der Waals surface area contributed by atoms with Crippen molar-refractivity contribution in [3.8, 4) is 5.75 Å². The lowest BCUT2D eigenvalue weighted by Gasteiger charge is -2.22. The molecule has 2 aromatic rings. The van der Waals surface area contributed by atoms with Gasteiger partial charge in [0.1, 0.15) is 24.0 Å². The molecule has 1 unspecified atom stereocenters. The monoisotopic (exact) mass is 274 g/mol. The number of hydrogen-bond donors (Lipinski definition) is 0. The third kappa shape index (κ3) is 2.17. The molecule has 0 bridgehead atoms. The average Bonchev–Trinajstić information content (AvgIpc) is 2.54. The predicted octanol–water partition coefficient (Wildman–Crippen LogP) is 4.65. The lowest BCUT2D eigenvalue weighted by atomic mass is 9.81. The maximum atomic E-state index is 13.6. The van der Waals surface area contributed by atoms with Crippen molar-refractivity contribution >= 4 is 0 Å². The summed E-state index contributed by atoms with van der Waals surface area (Å²) in [6.45, 7) is 4.50. The first-order valence-corrected chi connectivity index (χ1v) is 6.77. The highest BCUT2D eigenvalue weighted by Gasteiger charge is 2.27. The molecular weight excluding hydrogens is 258 g/mol. The van der Waals surface area contributed by atoms with E-state index in [1.54, 1.807) is 18.2 Å². The maximum Gasteiger partial charge on any atom is 0.126 e. The summed E-state index contributed by atoms with van der Waals surface area (Å²) in [5.74, 6) is 0.268.